The van der Waals surface area contributed by atoms with Crippen LogP contribution in [0.5, 0.6) is 0 Å². The van der Waals surface area contributed by atoms with Crippen molar-refractivity contribution in [1.82, 2.24) is 15.0 Å². The molecule has 3 fully saturated rings. The smallest absolute Gasteiger partial charge is 0.259 e. The molecule has 5 aromatic rings. The van der Waals surface area contributed by atoms with Gasteiger partial charge in [0.15, 0.2) is 5.82 Å². The fourth-order valence-electron chi connectivity index (χ4n) is 7.66. The maximum atomic E-state index is 14.8. The Hall–Kier alpha value is -5.20. The molecular formula is C40H37FN6O4S. The van der Waals surface area contributed by atoms with Gasteiger partial charge in [0.1, 0.15) is 11.6 Å². The number of anilines is 3. The number of carbonyl (C=O) groups is 3. The lowest BCUT2D eigenvalue weighted by molar-refractivity contribution is -0.000511. The molecule has 0 radical (unpaired) electrons. The fraction of sp³-hybridized carbons (Fsp3) is 0.325. The number of aromatic amines is 1. The molecule has 3 aromatic heterocycles. The highest BCUT2D eigenvalue weighted by atomic mass is 32.1. The fourth-order valence-corrected chi connectivity index (χ4v) is 8.85. The Bertz CT molecular complexity index is 2230. The Morgan fingerprint density at radius 3 is 2.60 bits per heavy atom. The number of hydrogen-bond donors (Lipinski definition) is 2. The zero-order valence-electron chi connectivity index (χ0n) is 28.7. The van der Waals surface area contributed by atoms with Crippen molar-refractivity contribution in [2.24, 2.45) is 5.41 Å². The Balaban J connectivity index is 0.922. The molecule has 2 aromatic carbocycles. The summed E-state index contributed by atoms with van der Waals surface area (Å²) in [4.78, 5) is 58.4. The lowest BCUT2D eigenvalue weighted by Gasteiger charge is -2.53. The van der Waals surface area contributed by atoms with Crippen molar-refractivity contribution in [2.75, 3.05) is 48.0 Å². The van der Waals surface area contributed by atoms with Crippen LogP contribution in [0.25, 0.3) is 10.4 Å². The van der Waals surface area contributed by atoms with Gasteiger partial charge in [-0.1, -0.05) is 0 Å². The maximum Gasteiger partial charge on any atom is 0.259 e. The number of amides is 2. The van der Waals surface area contributed by atoms with Crippen molar-refractivity contribution in [3.63, 3.8) is 0 Å². The predicted octanol–water partition coefficient (Wildman–Crippen LogP) is 7.16. The van der Waals surface area contributed by atoms with Crippen molar-refractivity contribution in [2.45, 2.75) is 44.9 Å². The van der Waals surface area contributed by atoms with E-state index in [1.165, 1.54) is 23.5 Å². The Morgan fingerprint density at radius 1 is 1.04 bits per heavy atom. The van der Waals surface area contributed by atoms with Crippen LogP contribution in [0.4, 0.5) is 21.6 Å². The second kappa shape index (κ2) is 12.8. The van der Waals surface area contributed by atoms with Crippen molar-refractivity contribution in [1.29, 1.82) is 0 Å². The van der Waals surface area contributed by atoms with E-state index in [9.17, 15) is 18.8 Å². The minimum atomic E-state index is -0.458. The molecule has 0 unspecified atom stereocenters. The van der Waals surface area contributed by atoms with Gasteiger partial charge in [0, 0.05) is 78.3 Å². The van der Waals surface area contributed by atoms with E-state index in [4.69, 9.17) is 4.74 Å². The number of rotatable bonds is 7. The van der Waals surface area contributed by atoms with E-state index in [1.54, 1.807) is 41.4 Å². The van der Waals surface area contributed by atoms with Gasteiger partial charge in [-0.25, -0.2) is 14.4 Å². The first-order valence-corrected chi connectivity index (χ1v) is 18.6. The van der Waals surface area contributed by atoms with Crippen LogP contribution in [0, 0.1) is 18.2 Å². The van der Waals surface area contributed by atoms with Gasteiger partial charge in [0.05, 0.1) is 21.8 Å². The second-order valence-electron chi connectivity index (χ2n) is 14.5. The lowest BCUT2D eigenvalue weighted by atomic mass is 9.73. The monoisotopic (exact) mass is 716 g/mol. The number of halogens is 1. The second-order valence-corrected chi connectivity index (χ2v) is 15.5. The van der Waals surface area contributed by atoms with Crippen LogP contribution in [0.15, 0.2) is 67.0 Å². The number of fused-ring (bicyclic) bond motifs is 3. The molecule has 1 saturated carbocycles. The van der Waals surface area contributed by atoms with Crippen LogP contribution in [0.1, 0.15) is 84.6 Å². The van der Waals surface area contributed by atoms with E-state index in [1.807, 2.05) is 25.3 Å². The van der Waals surface area contributed by atoms with Gasteiger partial charge in [-0.05, 0) is 105 Å². The Kier molecular flexibility index (Phi) is 8.04. The summed E-state index contributed by atoms with van der Waals surface area (Å²) < 4.78 is 20.3. The average Bonchev–Trinajstić information content (AvgIpc) is 3.76. The van der Waals surface area contributed by atoms with Crippen LogP contribution in [0.2, 0.25) is 0 Å². The number of hydrogen-bond acceptors (Lipinski definition) is 8. The molecule has 2 saturated heterocycles. The number of aryl methyl sites for hydroxylation is 1. The summed E-state index contributed by atoms with van der Waals surface area (Å²) >= 11 is 1.34. The van der Waals surface area contributed by atoms with Crippen molar-refractivity contribution in [3.05, 3.63) is 111 Å². The zero-order valence-corrected chi connectivity index (χ0v) is 29.5. The third-order valence-electron chi connectivity index (χ3n) is 10.7. The summed E-state index contributed by atoms with van der Waals surface area (Å²) in [6.07, 6.45) is 8.32. The molecule has 264 valence electrons. The van der Waals surface area contributed by atoms with Gasteiger partial charge >= 0.3 is 0 Å². The number of benzene rings is 2. The van der Waals surface area contributed by atoms with E-state index in [2.05, 4.69) is 25.2 Å². The molecule has 6 heterocycles. The summed E-state index contributed by atoms with van der Waals surface area (Å²) in [6.45, 7) is 5.46. The number of nitrogens with zero attached hydrogens (tertiary/aromatic N) is 4. The summed E-state index contributed by atoms with van der Waals surface area (Å²) in [7, 11) is 0. The third-order valence-corrected chi connectivity index (χ3v) is 11.9. The van der Waals surface area contributed by atoms with Gasteiger partial charge in [-0.2, -0.15) is 0 Å². The molecule has 2 N–H and O–H groups in total. The molecule has 1 spiro atoms. The van der Waals surface area contributed by atoms with Gasteiger partial charge in [-0.3, -0.25) is 14.4 Å². The number of ether oxygens (including phenoxy) is 1. The van der Waals surface area contributed by atoms with Crippen LogP contribution in [0.3, 0.4) is 0 Å². The molecular weight excluding hydrogens is 680 g/mol. The minimum Gasteiger partial charge on any atom is -0.381 e. The minimum absolute atomic E-state index is 0.174. The molecule has 2 amide bonds. The summed E-state index contributed by atoms with van der Waals surface area (Å²) in [5.41, 5.74) is 5.57. The number of carbonyl (C=O) groups excluding carboxylic acids is 3. The maximum absolute atomic E-state index is 14.8. The number of thiophene rings is 1. The average molecular weight is 717 g/mol. The highest BCUT2D eigenvalue weighted by Crippen LogP contribution is 2.44. The number of ketones is 1. The van der Waals surface area contributed by atoms with E-state index in [0.717, 1.165) is 73.7 Å². The van der Waals surface area contributed by atoms with Crippen LogP contribution < -0.4 is 15.1 Å². The topological polar surface area (TPSA) is 121 Å². The highest BCUT2D eigenvalue weighted by molar-refractivity contribution is 7.17. The van der Waals surface area contributed by atoms with E-state index in [0.29, 0.717) is 63.5 Å². The molecule has 12 heteroatoms. The number of H-pyrrole nitrogens is 1. The summed E-state index contributed by atoms with van der Waals surface area (Å²) in [5, 5.41) is 2.99. The largest absolute Gasteiger partial charge is 0.381 e. The Labute approximate surface area is 304 Å². The van der Waals surface area contributed by atoms with Crippen LogP contribution in [-0.4, -0.2) is 65.4 Å². The molecule has 3 aliphatic heterocycles. The third kappa shape index (κ3) is 5.99. The van der Waals surface area contributed by atoms with Gasteiger partial charge in [0.2, 0.25) is 5.78 Å². The standard InChI is InChI=1S/C40H37FN6O4S/c1-23-16-30(37(43-19-23)46-21-40(22-46)11-14-51-15-12-40)38(49)44-28-7-4-25(5-8-28)39(50)47-13-10-26-17-33(34(48)36-42-20-31(45-36)24-2-3-24)52-35(26)29-9-6-27(41)18-32(29)47/h4-9,16-20,24H,2-3,10-15,21-22H2,1H3,(H,42,45)(H,44,49). The van der Waals surface area contributed by atoms with Crippen molar-refractivity contribution < 1.29 is 23.5 Å². The SMILES string of the molecule is Cc1cnc(N2CC3(CCOCC3)C2)c(C(=O)Nc2ccc(C(=O)N3CCc4cc(C(=O)c5nc(C6CC6)c[nH]5)sc4-c4ccc(F)cc43)cc2)c1. The molecule has 4 aliphatic rings. The van der Waals surface area contributed by atoms with Crippen LogP contribution in [-0.2, 0) is 11.2 Å². The number of pyridine rings is 1. The molecule has 9 rings (SSSR count). The van der Waals surface area contributed by atoms with Gasteiger partial charge < -0.3 is 24.8 Å². The highest BCUT2D eigenvalue weighted by Gasteiger charge is 2.45. The lowest BCUT2D eigenvalue weighted by Crippen LogP contribution is -2.59. The molecule has 0 bridgehead atoms. The predicted molar refractivity (Wildman–Crippen MR) is 197 cm³/mol. The first-order valence-electron chi connectivity index (χ1n) is 17.8. The Morgan fingerprint density at radius 2 is 1.83 bits per heavy atom. The van der Waals surface area contributed by atoms with Crippen molar-refractivity contribution in [3.8, 4) is 10.4 Å². The number of imidazole rings is 1. The first-order chi connectivity index (χ1) is 25.2. The summed E-state index contributed by atoms with van der Waals surface area (Å²) in [6, 6.07) is 14.9. The van der Waals surface area contributed by atoms with Gasteiger partial charge in [0.25, 0.3) is 11.8 Å². The van der Waals surface area contributed by atoms with Crippen LogP contribution >= 0.6 is 11.3 Å². The number of aromatic nitrogens is 3. The normalized spacial score (nSPS) is 17.6. The van der Waals surface area contributed by atoms with Gasteiger partial charge in [-0.15, -0.1) is 11.3 Å². The van der Waals surface area contributed by atoms with E-state index >= 15 is 0 Å². The number of nitrogens with one attached hydrogen (secondary N) is 2. The molecule has 10 nitrogen and oxygen atoms in total. The molecule has 0 atom stereocenters. The van der Waals surface area contributed by atoms with E-state index in [-0.39, 0.29) is 23.0 Å². The quantitative estimate of drug-likeness (QED) is 0.172. The summed E-state index contributed by atoms with van der Waals surface area (Å²) in [5.74, 6) is 0.243. The molecule has 52 heavy (non-hydrogen) atoms. The first kappa shape index (κ1) is 32.7. The van der Waals surface area contributed by atoms with E-state index < -0.39 is 5.82 Å². The molecule has 1 aliphatic carbocycles. The zero-order chi connectivity index (χ0) is 35.6. The van der Waals surface area contributed by atoms with Crippen molar-refractivity contribution >= 4 is 46.1 Å².